The van der Waals surface area contributed by atoms with Crippen LogP contribution in [-0.4, -0.2) is 42.6 Å². The molecule has 1 fully saturated rings. The van der Waals surface area contributed by atoms with Crippen molar-refractivity contribution in [3.05, 3.63) is 60.2 Å². The van der Waals surface area contributed by atoms with E-state index in [1.54, 1.807) is 24.3 Å². The van der Waals surface area contributed by atoms with E-state index in [4.69, 9.17) is 9.47 Å². The van der Waals surface area contributed by atoms with Gasteiger partial charge in [0.15, 0.2) is 0 Å². The van der Waals surface area contributed by atoms with Gasteiger partial charge in [-0.15, -0.1) is 0 Å². The number of hydrogen-bond donors (Lipinski definition) is 1. The average Bonchev–Trinajstić information content (AvgIpc) is 2.67. The molecular weight excluding hydrogens is 344 g/mol. The van der Waals surface area contributed by atoms with Crippen molar-refractivity contribution >= 4 is 17.6 Å². The zero-order valence-electron chi connectivity index (χ0n) is 15.4. The Morgan fingerprint density at radius 3 is 2.63 bits per heavy atom. The van der Waals surface area contributed by atoms with Gasteiger partial charge >= 0.3 is 5.97 Å². The fourth-order valence-corrected chi connectivity index (χ4v) is 3.07. The third kappa shape index (κ3) is 5.31. The van der Waals surface area contributed by atoms with Gasteiger partial charge in [-0.1, -0.05) is 30.3 Å². The molecule has 1 amide bonds. The normalized spacial score (nSPS) is 17.2. The van der Waals surface area contributed by atoms with E-state index in [1.165, 1.54) is 0 Å². The molecule has 2 aromatic carbocycles. The Balaban J connectivity index is 1.61. The van der Waals surface area contributed by atoms with E-state index in [0.717, 1.165) is 11.3 Å². The lowest BCUT2D eigenvalue weighted by molar-refractivity contribution is -0.159. The van der Waals surface area contributed by atoms with Crippen LogP contribution in [0.4, 0.5) is 5.69 Å². The van der Waals surface area contributed by atoms with E-state index in [9.17, 15) is 9.59 Å². The molecule has 1 heterocycles. The first kappa shape index (κ1) is 18.9. The summed E-state index contributed by atoms with van der Waals surface area (Å²) < 4.78 is 10.6. The van der Waals surface area contributed by atoms with Crippen LogP contribution in [0.2, 0.25) is 0 Å². The predicted octanol–water partition coefficient (Wildman–Crippen LogP) is 2.84. The Morgan fingerprint density at radius 1 is 1.19 bits per heavy atom. The Labute approximate surface area is 159 Å². The first-order valence-corrected chi connectivity index (χ1v) is 9.13. The minimum atomic E-state index is -0.582. The van der Waals surface area contributed by atoms with Gasteiger partial charge in [0.25, 0.3) is 0 Å². The lowest BCUT2D eigenvalue weighted by Crippen LogP contribution is -2.49. The van der Waals surface area contributed by atoms with E-state index in [1.807, 2.05) is 42.2 Å². The SMILES string of the molecule is CCOc1ccc(NC(=O)CC2C(=O)OCCN2Cc2ccccc2)cc1. The van der Waals surface area contributed by atoms with Crippen LogP contribution >= 0.6 is 0 Å². The summed E-state index contributed by atoms with van der Waals surface area (Å²) in [6.45, 7) is 4.08. The fourth-order valence-electron chi connectivity index (χ4n) is 3.07. The average molecular weight is 368 g/mol. The molecular formula is C21H24N2O4. The predicted molar refractivity (Wildman–Crippen MR) is 102 cm³/mol. The van der Waals surface area contributed by atoms with Gasteiger partial charge in [0.1, 0.15) is 18.4 Å². The number of rotatable bonds is 7. The second-order valence-corrected chi connectivity index (χ2v) is 6.35. The summed E-state index contributed by atoms with van der Waals surface area (Å²) in [6.07, 6.45) is 0.0544. The second-order valence-electron chi connectivity index (χ2n) is 6.35. The summed E-state index contributed by atoms with van der Waals surface area (Å²) in [6, 6.07) is 16.5. The van der Waals surface area contributed by atoms with Crippen molar-refractivity contribution in [2.75, 3.05) is 25.1 Å². The zero-order chi connectivity index (χ0) is 19.1. The van der Waals surface area contributed by atoms with E-state index in [0.29, 0.717) is 32.0 Å². The molecule has 142 valence electrons. The molecule has 2 aromatic rings. The fraction of sp³-hybridized carbons (Fsp3) is 0.333. The van der Waals surface area contributed by atoms with Gasteiger partial charge in [0, 0.05) is 18.8 Å². The van der Waals surface area contributed by atoms with Gasteiger partial charge in [-0.05, 0) is 36.8 Å². The topological polar surface area (TPSA) is 67.9 Å². The van der Waals surface area contributed by atoms with Crippen molar-refractivity contribution in [2.45, 2.75) is 25.9 Å². The largest absolute Gasteiger partial charge is 0.494 e. The molecule has 27 heavy (non-hydrogen) atoms. The van der Waals surface area contributed by atoms with Gasteiger partial charge in [0.05, 0.1) is 13.0 Å². The molecule has 0 radical (unpaired) electrons. The molecule has 0 saturated carbocycles. The van der Waals surface area contributed by atoms with Gasteiger partial charge in [-0.3, -0.25) is 14.5 Å². The van der Waals surface area contributed by atoms with Crippen LogP contribution < -0.4 is 10.1 Å². The van der Waals surface area contributed by atoms with Crippen LogP contribution in [0.5, 0.6) is 5.75 Å². The molecule has 1 unspecified atom stereocenters. The highest BCUT2D eigenvalue weighted by Gasteiger charge is 2.33. The number of carbonyl (C=O) groups excluding carboxylic acids is 2. The number of morpholine rings is 1. The summed E-state index contributed by atoms with van der Waals surface area (Å²) >= 11 is 0. The summed E-state index contributed by atoms with van der Waals surface area (Å²) in [4.78, 5) is 26.7. The lowest BCUT2D eigenvalue weighted by atomic mass is 10.1. The van der Waals surface area contributed by atoms with Crippen molar-refractivity contribution in [1.29, 1.82) is 0 Å². The zero-order valence-corrected chi connectivity index (χ0v) is 15.4. The van der Waals surface area contributed by atoms with Gasteiger partial charge in [-0.25, -0.2) is 0 Å². The van der Waals surface area contributed by atoms with E-state index in [2.05, 4.69) is 5.32 Å². The molecule has 1 aliphatic rings. The van der Waals surface area contributed by atoms with Crippen LogP contribution in [0, 0.1) is 0 Å². The van der Waals surface area contributed by atoms with E-state index >= 15 is 0 Å². The number of anilines is 1. The number of benzene rings is 2. The molecule has 6 nitrogen and oxygen atoms in total. The van der Waals surface area contributed by atoms with Crippen molar-refractivity contribution in [3.8, 4) is 5.75 Å². The van der Waals surface area contributed by atoms with Crippen molar-refractivity contribution in [3.63, 3.8) is 0 Å². The maximum Gasteiger partial charge on any atom is 0.323 e. The summed E-state index contributed by atoms with van der Waals surface area (Å²) in [5.41, 5.74) is 1.77. The molecule has 0 spiro atoms. The first-order chi connectivity index (χ1) is 13.2. The Kier molecular flexibility index (Phi) is 6.44. The van der Waals surface area contributed by atoms with Gasteiger partial charge in [-0.2, -0.15) is 0 Å². The van der Waals surface area contributed by atoms with Crippen molar-refractivity contribution < 1.29 is 19.1 Å². The molecule has 0 bridgehead atoms. The molecule has 6 heteroatoms. The molecule has 0 aliphatic carbocycles. The number of ether oxygens (including phenoxy) is 2. The van der Waals surface area contributed by atoms with Crippen LogP contribution in [-0.2, 0) is 20.9 Å². The van der Waals surface area contributed by atoms with Gasteiger partial charge < -0.3 is 14.8 Å². The molecule has 1 atom stereocenters. The van der Waals surface area contributed by atoms with Crippen LogP contribution in [0.15, 0.2) is 54.6 Å². The minimum absolute atomic E-state index is 0.0544. The number of cyclic esters (lactones) is 1. The third-order valence-electron chi connectivity index (χ3n) is 4.39. The summed E-state index contributed by atoms with van der Waals surface area (Å²) in [5.74, 6) is 0.181. The maximum absolute atomic E-state index is 12.5. The van der Waals surface area contributed by atoms with Gasteiger partial charge in [0.2, 0.25) is 5.91 Å². The minimum Gasteiger partial charge on any atom is -0.494 e. The lowest BCUT2D eigenvalue weighted by Gasteiger charge is -2.33. The summed E-state index contributed by atoms with van der Waals surface area (Å²) in [7, 11) is 0. The molecule has 1 N–H and O–H groups in total. The first-order valence-electron chi connectivity index (χ1n) is 9.13. The number of nitrogens with zero attached hydrogens (tertiary/aromatic N) is 1. The van der Waals surface area contributed by atoms with E-state index < -0.39 is 6.04 Å². The number of amides is 1. The van der Waals surface area contributed by atoms with Crippen LogP contribution in [0.25, 0.3) is 0 Å². The standard InChI is InChI=1S/C21H24N2O4/c1-2-26-18-10-8-17(9-11-18)22-20(24)14-19-21(25)27-13-12-23(19)15-16-6-4-3-5-7-16/h3-11,19H,2,12-15H2,1H3,(H,22,24). The third-order valence-corrected chi connectivity index (χ3v) is 4.39. The van der Waals surface area contributed by atoms with Crippen LogP contribution in [0.1, 0.15) is 18.9 Å². The highest BCUT2D eigenvalue weighted by Crippen LogP contribution is 2.19. The highest BCUT2D eigenvalue weighted by atomic mass is 16.5. The Morgan fingerprint density at radius 2 is 1.93 bits per heavy atom. The number of nitrogens with one attached hydrogen (secondary N) is 1. The van der Waals surface area contributed by atoms with Crippen molar-refractivity contribution in [2.24, 2.45) is 0 Å². The summed E-state index contributed by atoms with van der Waals surface area (Å²) in [5, 5.41) is 2.83. The van der Waals surface area contributed by atoms with E-state index in [-0.39, 0.29) is 18.3 Å². The molecule has 3 rings (SSSR count). The Hall–Kier alpha value is -2.86. The Bertz CT molecular complexity index is 762. The second kappa shape index (κ2) is 9.19. The molecule has 1 saturated heterocycles. The quantitative estimate of drug-likeness (QED) is 0.761. The van der Waals surface area contributed by atoms with Crippen LogP contribution in [0.3, 0.4) is 0 Å². The number of carbonyl (C=O) groups is 2. The monoisotopic (exact) mass is 368 g/mol. The highest BCUT2D eigenvalue weighted by molar-refractivity contribution is 5.94. The molecule has 1 aliphatic heterocycles. The maximum atomic E-state index is 12.5. The number of hydrogen-bond acceptors (Lipinski definition) is 5. The van der Waals surface area contributed by atoms with Crippen molar-refractivity contribution in [1.82, 2.24) is 4.90 Å². The molecule has 0 aromatic heterocycles. The smallest absolute Gasteiger partial charge is 0.323 e. The number of esters is 1.